The number of sulfone groups is 1. The maximum atomic E-state index is 12.6. The first kappa shape index (κ1) is 15.0. The van der Waals surface area contributed by atoms with Crippen LogP contribution >= 0.6 is 0 Å². The lowest BCUT2D eigenvalue weighted by Gasteiger charge is -2.08. The Bertz CT molecular complexity index is 940. The number of nitrogen functional groups attached to an aromatic ring is 2. The minimum Gasteiger partial charge on any atom is -0.399 e. The molecule has 2 aromatic carbocycles. The van der Waals surface area contributed by atoms with E-state index in [1.807, 2.05) is 30.3 Å². The van der Waals surface area contributed by atoms with Gasteiger partial charge in [0.15, 0.2) is 5.82 Å². The SMILES string of the molecule is Nc1ccc(S(=O)(=O)c2cnc(-c3ccccc3)nc2N)cc1. The van der Waals surface area contributed by atoms with Crippen LogP contribution in [0.15, 0.2) is 70.6 Å². The molecule has 3 rings (SSSR count). The molecule has 1 heterocycles. The highest BCUT2D eigenvalue weighted by Gasteiger charge is 2.22. The van der Waals surface area contributed by atoms with Gasteiger partial charge in [-0.05, 0) is 24.3 Å². The lowest BCUT2D eigenvalue weighted by atomic mass is 10.2. The van der Waals surface area contributed by atoms with Gasteiger partial charge in [0, 0.05) is 11.3 Å². The van der Waals surface area contributed by atoms with Gasteiger partial charge in [-0.2, -0.15) is 0 Å². The molecule has 116 valence electrons. The summed E-state index contributed by atoms with van der Waals surface area (Å²) in [6.45, 7) is 0. The fourth-order valence-corrected chi connectivity index (χ4v) is 3.35. The number of rotatable bonds is 3. The number of hydrogen-bond donors (Lipinski definition) is 2. The average Bonchev–Trinajstić information content (AvgIpc) is 2.56. The zero-order chi connectivity index (χ0) is 16.4. The van der Waals surface area contributed by atoms with Crippen LogP contribution in [0.3, 0.4) is 0 Å². The third-order valence-electron chi connectivity index (χ3n) is 3.29. The van der Waals surface area contributed by atoms with Crippen molar-refractivity contribution in [3.05, 3.63) is 60.8 Å². The largest absolute Gasteiger partial charge is 0.399 e. The van der Waals surface area contributed by atoms with E-state index in [0.29, 0.717) is 11.5 Å². The van der Waals surface area contributed by atoms with Gasteiger partial charge in [-0.1, -0.05) is 30.3 Å². The van der Waals surface area contributed by atoms with E-state index in [4.69, 9.17) is 11.5 Å². The summed E-state index contributed by atoms with van der Waals surface area (Å²) in [5.74, 6) is 0.287. The van der Waals surface area contributed by atoms with Gasteiger partial charge < -0.3 is 11.5 Å². The van der Waals surface area contributed by atoms with E-state index in [0.717, 1.165) is 5.56 Å². The van der Waals surface area contributed by atoms with Gasteiger partial charge in [0.1, 0.15) is 10.7 Å². The van der Waals surface area contributed by atoms with Crippen LogP contribution in [0.2, 0.25) is 0 Å². The second kappa shape index (κ2) is 5.69. The molecule has 7 heteroatoms. The monoisotopic (exact) mass is 326 g/mol. The van der Waals surface area contributed by atoms with E-state index in [-0.39, 0.29) is 15.6 Å². The van der Waals surface area contributed by atoms with Crippen molar-refractivity contribution in [3.63, 3.8) is 0 Å². The predicted octanol–water partition coefficient (Wildman–Crippen LogP) is 2.14. The first-order valence-corrected chi connectivity index (χ1v) is 8.25. The highest BCUT2D eigenvalue weighted by atomic mass is 32.2. The second-order valence-corrected chi connectivity index (χ2v) is 6.80. The molecule has 0 atom stereocenters. The molecule has 0 fully saturated rings. The number of aromatic nitrogens is 2. The van der Waals surface area contributed by atoms with Crippen molar-refractivity contribution in [2.24, 2.45) is 0 Å². The molecule has 0 aliphatic rings. The van der Waals surface area contributed by atoms with Crippen molar-refractivity contribution < 1.29 is 8.42 Å². The average molecular weight is 326 g/mol. The number of anilines is 2. The van der Waals surface area contributed by atoms with Crippen LogP contribution in [0.5, 0.6) is 0 Å². The molecule has 0 amide bonds. The maximum Gasteiger partial charge on any atom is 0.211 e. The summed E-state index contributed by atoms with van der Waals surface area (Å²) in [6, 6.07) is 15.1. The second-order valence-electron chi connectivity index (χ2n) is 4.88. The van der Waals surface area contributed by atoms with E-state index in [1.165, 1.54) is 30.5 Å². The van der Waals surface area contributed by atoms with Crippen LogP contribution in [0.4, 0.5) is 11.5 Å². The van der Waals surface area contributed by atoms with Crippen molar-refractivity contribution in [1.82, 2.24) is 9.97 Å². The van der Waals surface area contributed by atoms with Crippen molar-refractivity contribution in [3.8, 4) is 11.4 Å². The predicted molar refractivity (Wildman–Crippen MR) is 88.2 cm³/mol. The Morgan fingerprint density at radius 1 is 0.870 bits per heavy atom. The summed E-state index contributed by atoms with van der Waals surface area (Å²) < 4.78 is 25.2. The number of hydrogen-bond acceptors (Lipinski definition) is 6. The molecular formula is C16H14N4O2S. The van der Waals surface area contributed by atoms with Gasteiger partial charge >= 0.3 is 0 Å². The molecule has 0 saturated heterocycles. The topological polar surface area (TPSA) is 112 Å². The summed E-state index contributed by atoms with van der Waals surface area (Å²) in [5.41, 5.74) is 12.7. The molecule has 23 heavy (non-hydrogen) atoms. The third-order valence-corrected chi connectivity index (χ3v) is 5.08. The summed E-state index contributed by atoms with van der Waals surface area (Å²) in [7, 11) is -3.79. The Morgan fingerprint density at radius 2 is 1.52 bits per heavy atom. The van der Waals surface area contributed by atoms with Crippen LogP contribution in [0.25, 0.3) is 11.4 Å². The maximum absolute atomic E-state index is 12.6. The van der Waals surface area contributed by atoms with Gasteiger partial charge in [-0.25, -0.2) is 18.4 Å². The quantitative estimate of drug-likeness (QED) is 0.713. The van der Waals surface area contributed by atoms with Crippen molar-refractivity contribution >= 4 is 21.3 Å². The van der Waals surface area contributed by atoms with E-state index < -0.39 is 9.84 Å². The van der Waals surface area contributed by atoms with Crippen LogP contribution in [-0.2, 0) is 9.84 Å². The minimum absolute atomic E-state index is 0.0873. The third kappa shape index (κ3) is 2.86. The van der Waals surface area contributed by atoms with Gasteiger partial charge in [-0.15, -0.1) is 0 Å². The summed E-state index contributed by atoms with van der Waals surface area (Å²) >= 11 is 0. The van der Waals surface area contributed by atoms with Crippen LogP contribution in [-0.4, -0.2) is 18.4 Å². The van der Waals surface area contributed by atoms with Gasteiger partial charge in [0.25, 0.3) is 0 Å². The summed E-state index contributed by atoms with van der Waals surface area (Å²) in [6.07, 6.45) is 1.23. The number of nitrogens with zero attached hydrogens (tertiary/aromatic N) is 2. The van der Waals surface area contributed by atoms with E-state index >= 15 is 0 Å². The molecule has 0 spiro atoms. The first-order valence-electron chi connectivity index (χ1n) is 6.77. The van der Waals surface area contributed by atoms with Crippen molar-refractivity contribution in [1.29, 1.82) is 0 Å². The Kier molecular flexibility index (Phi) is 3.71. The molecule has 4 N–H and O–H groups in total. The lowest BCUT2D eigenvalue weighted by Crippen LogP contribution is -2.09. The van der Waals surface area contributed by atoms with E-state index in [1.54, 1.807) is 0 Å². The molecule has 1 aromatic heterocycles. The zero-order valence-corrected chi connectivity index (χ0v) is 12.9. The summed E-state index contributed by atoms with van der Waals surface area (Å²) in [4.78, 5) is 8.21. The zero-order valence-electron chi connectivity index (χ0n) is 12.0. The molecule has 3 aromatic rings. The number of benzene rings is 2. The number of nitrogens with two attached hydrogens (primary N) is 2. The molecule has 0 unspecified atom stereocenters. The van der Waals surface area contributed by atoms with Crippen LogP contribution in [0.1, 0.15) is 0 Å². The fraction of sp³-hybridized carbons (Fsp3) is 0. The molecule has 6 nitrogen and oxygen atoms in total. The Balaban J connectivity index is 2.05. The van der Waals surface area contributed by atoms with Gasteiger partial charge in [0.2, 0.25) is 9.84 Å². The minimum atomic E-state index is -3.79. The highest BCUT2D eigenvalue weighted by molar-refractivity contribution is 7.91. The Hall–Kier alpha value is -2.93. The Labute approximate surface area is 133 Å². The first-order chi connectivity index (χ1) is 11.0. The molecule has 0 radical (unpaired) electrons. The molecule has 0 aliphatic heterocycles. The van der Waals surface area contributed by atoms with Crippen molar-refractivity contribution in [2.75, 3.05) is 11.5 Å². The molecule has 0 bridgehead atoms. The standard InChI is InChI=1S/C16H14N4O2S/c17-12-6-8-13(9-7-12)23(21,22)14-10-19-16(20-15(14)18)11-4-2-1-3-5-11/h1-10H,17H2,(H2,18,19,20). The van der Waals surface area contributed by atoms with Gasteiger partial charge in [-0.3, -0.25) is 0 Å². The van der Waals surface area contributed by atoms with E-state index in [2.05, 4.69) is 9.97 Å². The lowest BCUT2D eigenvalue weighted by molar-refractivity contribution is 0.595. The van der Waals surface area contributed by atoms with Gasteiger partial charge in [0.05, 0.1) is 11.1 Å². The van der Waals surface area contributed by atoms with E-state index in [9.17, 15) is 8.42 Å². The van der Waals surface area contributed by atoms with Crippen LogP contribution in [0, 0.1) is 0 Å². The normalized spacial score (nSPS) is 11.3. The summed E-state index contributed by atoms with van der Waals surface area (Å²) in [5, 5.41) is 0. The molecular weight excluding hydrogens is 312 g/mol. The molecule has 0 saturated carbocycles. The fourth-order valence-electron chi connectivity index (χ4n) is 2.09. The van der Waals surface area contributed by atoms with Crippen LogP contribution < -0.4 is 11.5 Å². The Morgan fingerprint density at radius 3 is 2.13 bits per heavy atom. The highest BCUT2D eigenvalue weighted by Crippen LogP contribution is 2.26. The molecule has 0 aliphatic carbocycles. The smallest absolute Gasteiger partial charge is 0.211 e. The van der Waals surface area contributed by atoms with Crippen molar-refractivity contribution in [2.45, 2.75) is 9.79 Å².